The maximum absolute atomic E-state index is 12.3. The Kier molecular flexibility index (Phi) is 3.72. The van der Waals surface area contributed by atoms with Crippen LogP contribution in [-0.4, -0.2) is 0 Å². The molecule has 0 aliphatic rings. The van der Waals surface area contributed by atoms with Gasteiger partial charge in [0.1, 0.15) is 5.69 Å². The summed E-state index contributed by atoms with van der Waals surface area (Å²) in [5.74, 6) is -6.13. The lowest BCUT2D eigenvalue weighted by molar-refractivity contribution is 0.460. The lowest BCUT2D eigenvalue weighted by atomic mass is 10.3. The fourth-order valence-electron chi connectivity index (χ4n) is 0.592. The normalized spacial score (nSPS) is 8.77. The van der Waals surface area contributed by atoms with E-state index in [1.165, 1.54) is 0 Å². The molecule has 0 radical (unpaired) electrons. The molecule has 2 N–H and O–H groups in total. The molecule has 0 spiro atoms. The fourth-order valence-corrected chi connectivity index (χ4v) is 0.592. The average molecular weight is 192 g/mol. The second-order valence-electron chi connectivity index (χ2n) is 1.88. The zero-order chi connectivity index (χ0) is 10.6. The largest absolute Gasteiger partial charge is 0.394 e. The van der Waals surface area contributed by atoms with Crippen molar-refractivity contribution in [3.05, 3.63) is 29.3 Å². The first-order valence-electron chi connectivity index (χ1n) is 2.88. The van der Waals surface area contributed by atoms with Crippen LogP contribution in [0.2, 0.25) is 0 Å². The summed E-state index contributed by atoms with van der Waals surface area (Å²) < 4.78 is 48.8. The van der Waals surface area contributed by atoms with E-state index >= 15 is 0 Å². The van der Waals surface area contributed by atoms with Gasteiger partial charge in [-0.1, -0.05) is 0 Å². The molecule has 0 bridgehead atoms. The molecule has 70 valence electrons. The van der Waals surface area contributed by atoms with Crippen molar-refractivity contribution in [3.8, 4) is 6.57 Å². The van der Waals surface area contributed by atoms with Crippen LogP contribution in [-0.2, 0) is 0 Å². The Morgan fingerprint density at radius 3 is 1.62 bits per heavy atom. The summed E-state index contributed by atoms with van der Waals surface area (Å²) in [7, 11) is 0. The first kappa shape index (κ1) is 11.2. The average Bonchev–Trinajstić information content (AvgIpc) is 2.15. The van der Waals surface area contributed by atoms with E-state index in [0.717, 1.165) is 0 Å². The highest BCUT2D eigenvalue weighted by molar-refractivity contribution is 5.41. The summed E-state index contributed by atoms with van der Waals surface area (Å²) in [6.07, 6.45) is 0. The van der Waals surface area contributed by atoms with Crippen molar-refractivity contribution < 1.29 is 17.6 Å². The number of rotatable bonds is 0. The third kappa shape index (κ3) is 2.08. The summed E-state index contributed by atoms with van der Waals surface area (Å²) in [6.45, 7) is 3.50. The van der Waals surface area contributed by atoms with Crippen molar-refractivity contribution in [1.29, 1.82) is 5.26 Å². The minimum absolute atomic E-state index is 0.0982. The summed E-state index contributed by atoms with van der Waals surface area (Å²) in [6, 6.07) is 0.0982. The molecule has 0 saturated heterocycles. The van der Waals surface area contributed by atoms with E-state index in [1.807, 2.05) is 0 Å². The third-order valence-electron chi connectivity index (χ3n) is 1.15. The minimum Gasteiger partial charge on any atom is -0.394 e. The van der Waals surface area contributed by atoms with E-state index in [-0.39, 0.29) is 6.07 Å². The van der Waals surface area contributed by atoms with Gasteiger partial charge in [0, 0.05) is 12.6 Å². The molecule has 2 nitrogen and oxygen atoms in total. The molecule has 0 amide bonds. The topological polar surface area (TPSA) is 49.8 Å². The number of benzene rings is 1. The summed E-state index contributed by atoms with van der Waals surface area (Å²) in [5, 5.41) is 6.50. The molecule has 0 aromatic heterocycles. The van der Waals surface area contributed by atoms with Crippen LogP contribution in [0, 0.1) is 35.1 Å². The molecule has 1 aromatic carbocycles. The van der Waals surface area contributed by atoms with E-state index in [9.17, 15) is 17.6 Å². The lowest BCUT2D eigenvalue weighted by Crippen LogP contribution is -2.01. The smallest absolute Gasteiger partial charge is 0.184 e. The summed E-state index contributed by atoms with van der Waals surface area (Å²) >= 11 is 0. The van der Waals surface area contributed by atoms with Gasteiger partial charge in [-0.25, -0.2) is 22.8 Å². The van der Waals surface area contributed by atoms with Crippen LogP contribution in [0.15, 0.2) is 6.07 Å². The molecule has 0 fully saturated rings. The Labute approximate surface area is 71.2 Å². The van der Waals surface area contributed by atoms with E-state index in [4.69, 9.17) is 5.26 Å². The molecular weight excluding hydrogens is 188 g/mol. The molecule has 1 aromatic rings. The number of hydrogen-bond acceptors (Lipinski definition) is 2. The van der Waals surface area contributed by atoms with Gasteiger partial charge in [-0.15, -0.1) is 0 Å². The monoisotopic (exact) mass is 192 g/mol. The van der Waals surface area contributed by atoms with Crippen molar-refractivity contribution in [2.45, 2.75) is 0 Å². The zero-order valence-corrected chi connectivity index (χ0v) is 6.19. The second-order valence-corrected chi connectivity index (χ2v) is 1.88. The number of anilines is 1. The van der Waals surface area contributed by atoms with E-state index < -0.39 is 29.0 Å². The SMILES string of the molecule is C#N.Nc1c(F)c(F)cc(F)c1F. The molecule has 0 atom stereocenters. The van der Waals surface area contributed by atoms with E-state index in [1.54, 1.807) is 0 Å². The van der Waals surface area contributed by atoms with Crippen molar-refractivity contribution in [2.24, 2.45) is 0 Å². The molecule has 0 aliphatic carbocycles. The second kappa shape index (κ2) is 4.30. The van der Waals surface area contributed by atoms with Gasteiger partial charge in [-0.3, -0.25) is 0 Å². The number of nitrogen functional groups attached to an aromatic ring is 1. The van der Waals surface area contributed by atoms with Crippen molar-refractivity contribution >= 4 is 5.69 Å². The maximum atomic E-state index is 12.3. The van der Waals surface area contributed by atoms with Gasteiger partial charge >= 0.3 is 0 Å². The van der Waals surface area contributed by atoms with Gasteiger partial charge in [0.2, 0.25) is 0 Å². The summed E-state index contributed by atoms with van der Waals surface area (Å²) in [5.41, 5.74) is 3.52. The number of nitrogens with zero attached hydrogens (tertiary/aromatic N) is 1. The van der Waals surface area contributed by atoms with Crippen LogP contribution in [0.3, 0.4) is 0 Å². The highest BCUT2D eigenvalue weighted by Gasteiger charge is 2.15. The van der Waals surface area contributed by atoms with E-state index in [2.05, 4.69) is 12.3 Å². The molecule has 1 rings (SSSR count). The molecular formula is C7H4F4N2. The Morgan fingerprint density at radius 2 is 1.31 bits per heavy atom. The maximum Gasteiger partial charge on any atom is 0.184 e. The zero-order valence-electron chi connectivity index (χ0n) is 6.19. The van der Waals surface area contributed by atoms with Crippen LogP contribution >= 0.6 is 0 Å². The van der Waals surface area contributed by atoms with Crippen LogP contribution in [0.4, 0.5) is 23.2 Å². The Balaban J connectivity index is 0.000000671. The van der Waals surface area contributed by atoms with Crippen molar-refractivity contribution in [3.63, 3.8) is 0 Å². The first-order valence-corrected chi connectivity index (χ1v) is 2.88. The first-order chi connectivity index (χ1) is 6.04. The Morgan fingerprint density at radius 1 is 1.00 bits per heavy atom. The Bertz CT molecular complexity index is 309. The van der Waals surface area contributed by atoms with Gasteiger partial charge < -0.3 is 5.73 Å². The number of nitrogens with two attached hydrogens (primary N) is 1. The Hall–Kier alpha value is -1.77. The van der Waals surface area contributed by atoms with Gasteiger partial charge in [0.15, 0.2) is 23.3 Å². The highest BCUT2D eigenvalue weighted by atomic mass is 19.2. The molecule has 0 unspecified atom stereocenters. The van der Waals surface area contributed by atoms with Crippen LogP contribution in [0.5, 0.6) is 0 Å². The molecule has 13 heavy (non-hydrogen) atoms. The predicted molar refractivity (Wildman–Crippen MR) is 37.4 cm³/mol. The van der Waals surface area contributed by atoms with Crippen molar-refractivity contribution in [1.82, 2.24) is 0 Å². The van der Waals surface area contributed by atoms with Crippen LogP contribution in [0.1, 0.15) is 0 Å². The molecule has 0 aliphatic heterocycles. The van der Waals surface area contributed by atoms with Gasteiger partial charge in [0.05, 0.1) is 0 Å². The van der Waals surface area contributed by atoms with Crippen LogP contribution in [0.25, 0.3) is 0 Å². The van der Waals surface area contributed by atoms with Gasteiger partial charge in [0.25, 0.3) is 0 Å². The number of nitriles is 1. The number of hydrogen-bond donors (Lipinski definition) is 1. The molecule has 0 saturated carbocycles. The number of halogens is 4. The van der Waals surface area contributed by atoms with Gasteiger partial charge in [-0.05, 0) is 0 Å². The quantitative estimate of drug-likeness (QED) is 0.388. The lowest BCUT2D eigenvalue weighted by Gasteiger charge is -1.99. The van der Waals surface area contributed by atoms with E-state index in [0.29, 0.717) is 0 Å². The highest BCUT2D eigenvalue weighted by Crippen LogP contribution is 2.20. The third-order valence-corrected chi connectivity index (χ3v) is 1.15. The summed E-state index contributed by atoms with van der Waals surface area (Å²) in [4.78, 5) is 0. The minimum atomic E-state index is -1.57. The van der Waals surface area contributed by atoms with Crippen LogP contribution < -0.4 is 5.73 Å². The standard InChI is InChI=1S/C6H3F4N.CHN/c7-2-1-3(8)5(10)6(11)4(2)9;1-2/h1H,11H2;1H. The molecule has 0 heterocycles. The molecule has 6 heteroatoms. The predicted octanol–water partition coefficient (Wildman–Crippen LogP) is 1.96. The van der Waals surface area contributed by atoms with Crippen molar-refractivity contribution in [2.75, 3.05) is 5.73 Å². The fraction of sp³-hybridized carbons (Fsp3) is 0. The van der Waals surface area contributed by atoms with Gasteiger partial charge in [-0.2, -0.15) is 0 Å².